The van der Waals surface area contributed by atoms with Gasteiger partial charge in [0.05, 0.1) is 30.0 Å². The number of piperidine rings is 1. The first-order chi connectivity index (χ1) is 16.0. The molecule has 10 heteroatoms. The van der Waals surface area contributed by atoms with Crippen LogP contribution in [-0.2, 0) is 0 Å². The second kappa shape index (κ2) is 8.98. The van der Waals surface area contributed by atoms with Gasteiger partial charge < -0.3 is 19.7 Å². The van der Waals surface area contributed by atoms with E-state index in [9.17, 15) is 0 Å². The number of benzene rings is 1. The molecule has 2 aliphatic heterocycles. The maximum atomic E-state index is 6.71. The number of nitrogens with one attached hydrogen (secondary N) is 1. The Morgan fingerprint density at radius 2 is 1.70 bits per heavy atom. The van der Waals surface area contributed by atoms with Crippen LogP contribution >= 0.6 is 35.0 Å². The predicted molar refractivity (Wildman–Crippen MR) is 134 cm³/mol. The summed E-state index contributed by atoms with van der Waals surface area (Å²) >= 11 is 14.9. The van der Waals surface area contributed by atoms with E-state index in [-0.39, 0.29) is 0 Å². The maximum absolute atomic E-state index is 6.71. The number of hydrogen-bond acceptors (Lipinski definition) is 8. The summed E-state index contributed by atoms with van der Waals surface area (Å²) in [7, 11) is 3.13. The van der Waals surface area contributed by atoms with Gasteiger partial charge in [0.25, 0.3) is 0 Å². The van der Waals surface area contributed by atoms with Gasteiger partial charge in [0.1, 0.15) is 17.0 Å². The van der Waals surface area contributed by atoms with Crippen molar-refractivity contribution < 1.29 is 9.47 Å². The Morgan fingerprint density at radius 1 is 1.03 bits per heavy atom. The van der Waals surface area contributed by atoms with E-state index >= 15 is 0 Å². The second-order valence-electron chi connectivity index (χ2n) is 8.52. The number of thioether (sulfide) groups is 1. The molecule has 0 amide bonds. The minimum absolute atomic E-state index is 0.346. The van der Waals surface area contributed by atoms with Crippen molar-refractivity contribution in [2.45, 2.75) is 18.0 Å². The monoisotopic (exact) mass is 505 g/mol. The van der Waals surface area contributed by atoms with Crippen molar-refractivity contribution >= 4 is 51.7 Å². The first-order valence-corrected chi connectivity index (χ1v) is 12.7. The van der Waals surface area contributed by atoms with Crippen LogP contribution in [0.4, 0.5) is 5.82 Å². The lowest BCUT2D eigenvalue weighted by molar-refractivity contribution is 0.149. The molecule has 7 nitrogen and oxygen atoms in total. The number of hydrogen-bond donors (Lipinski definition) is 1. The zero-order chi connectivity index (χ0) is 23.2. The van der Waals surface area contributed by atoms with Crippen molar-refractivity contribution in [3.05, 3.63) is 28.4 Å². The zero-order valence-corrected chi connectivity index (χ0v) is 21.1. The lowest BCUT2D eigenvalue weighted by Crippen LogP contribution is -2.60. The summed E-state index contributed by atoms with van der Waals surface area (Å²) in [4.78, 5) is 16.6. The van der Waals surface area contributed by atoms with Crippen LogP contribution in [0, 0.1) is 5.41 Å². The van der Waals surface area contributed by atoms with Crippen molar-refractivity contribution in [2.75, 3.05) is 51.6 Å². The molecule has 0 aliphatic carbocycles. The summed E-state index contributed by atoms with van der Waals surface area (Å²) < 4.78 is 10.9. The molecule has 0 saturated carbocycles. The molecule has 174 valence electrons. The van der Waals surface area contributed by atoms with Gasteiger partial charge in [0.2, 0.25) is 0 Å². The smallest absolute Gasteiger partial charge is 0.187 e. The highest BCUT2D eigenvalue weighted by Crippen LogP contribution is 2.48. The van der Waals surface area contributed by atoms with Crippen LogP contribution in [0.3, 0.4) is 0 Å². The minimum Gasteiger partial charge on any atom is -0.495 e. The zero-order valence-electron chi connectivity index (χ0n) is 18.7. The quantitative estimate of drug-likeness (QED) is 0.386. The third-order valence-corrected chi connectivity index (χ3v) is 7.87. The molecular weight excluding hydrogens is 481 g/mol. The molecule has 0 radical (unpaired) electrons. The third-order valence-electron chi connectivity index (χ3n) is 6.55. The number of pyridine rings is 1. The molecule has 33 heavy (non-hydrogen) atoms. The number of nitrogens with zero attached hydrogens (tertiary/aromatic N) is 4. The van der Waals surface area contributed by atoms with E-state index in [2.05, 4.69) is 15.2 Å². The van der Waals surface area contributed by atoms with Gasteiger partial charge in [-0.3, -0.25) is 0 Å². The second-order valence-corrected chi connectivity index (χ2v) is 10.0. The van der Waals surface area contributed by atoms with Crippen molar-refractivity contribution in [1.29, 1.82) is 0 Å². The number of halogens is 2. The van der Waals surface area contributed by atoms with Crippen LogP contribution in [0.5, 0.6) is 11.5 Å². The molecule has 0 unspecified atom stereocenters. The highest BCUT2D eigenvalue weighted by molar-refractivity contribution is 7.98. The van der Waals surface area contributed by atoms with Gasteiger partial charge in [-0.05, 0) is 38.3 Å². The summed E-state index contributed by atoms with van der Waals surface area (Å²) in [6.07, 6.45) is 6.16. The Balaban J connectivity index is 1.66. The highest BCUT2D eigenvalue weighted by atomic mass is 35.5. The number of ether oxygens (including phenoxy) is 2. The van der Waals surface area contributed by atoms with Crippen LogP contribution in [0.1, 0.15) is 12.8 Å². The number of anilines is 1. The Hall–Kier alpha value is -2.00. The summed E-state index contributed by atoms with van der Waals surface area (Å²) in [5, 5.41) is 5.84. The van der Waals surface area contributed by atoms with E-state index in [1.807, 2.05) is 18.5 Å². The van der Waals surface area contributed by atoms with Crippen LogP contribution in [0.2, 0.25) is 10.0 Å². The molecule has 3 aromatic rings. The minimum atomic E-state index is 0.346. The van der Waals surface area contributed by atoms with Crippen LogP contribution < -0.4 is 19.7 Å². The third kappa shape index (κ3) is 3.97. The molecule has 2 fully saturated rings. The summed E-state index contributed by atoms with van der Waals surface area (Å²) in [6, 6.07) is 3.61. The molecule has 1 N–H and O–H groups in total. The van der Waals surface area contributed by atoms with Crippen LogP contribution in [-0.4, -0.2) is 61.6 Å². The molecule has 4 heterocycles. The van der Waals surface area contributed by atoms with E-state index in [0.717, 1.165) is 48.1 Å². The van der Waals surface area contributed by atoms with E-state index in [1.165, 1.54) is 24.6 Å². The van der Waals surface area contributed by atoms with Crippen molar-refractivity contribution in [3.63, 3.8) is 0 Å². The molecule has 0 bridgehead atoms. The fourth-order valence-corrected chi connectivity index (χ4v) is 5.79. The molecule has 2 aromatic heterocycles. The first kappa shape index (κ1) is 22.8. The molecule has 0 atom stereocenters. The average molecular weight is 506 g/mol. The molecular formula is C23H25Cl2N5O2S. The van der Waals surface area contributed by atoms with E-state index in [4.69, 9.17) is 42.6 Å². The van der Waals surface area contributed by atoms with Gasteiger partial charge in [-0.25, -0.2) is 15.0 Å². The van der Waals surface area contributed by atoms with Gasteiger partial charge in [0, 0.05) is 41.7 Å². The predicted octanol–water partition coefficient (Wildman–Crippen LogP) is 4.93. The van der Waals surface area contributed by atoms with E-state index in [1.54, 1.807) is 20.3 Å². The van der Waals surface area contributed by atoms with Crippen molar-refractivity contribution in [1.82, 2.24) is 20.3 Å². The summed E-state index contributed by atoms with van der Waals surface area (Å²) in [5.74, 6) is 1.78. The van der Waals surface area contributed by atoms with Crippen molar-refractivity contribution in [3.8, 4) is 22.8 Å². The Labute approximate surface area is 207 Å². The van der Waals surface area contributed by atoms with Crippen LogP contribution in [0.25, 0.3) is 22.2 Å². The van der Waals surface area contributed by atoms with Crippen LogP contribution in [0.15, 0.2) is 23.5 Å². The van der Waals surface area contributed by atoms with Crippen molar-refractivity contribution in [2.24, 2.45) is 5.41 Å². The average Bonchev–Trinajstić information content (AvgIpc) is 2.82. The largest absolute Gasteiger partial charge is 0.495 e. The molecule has 1 aromatic carbocycles. The summed E-state index contributed by atoms with van der Waals surface area (Å²) in [5.41, 5.74) is 2.39. The lowest BCUT2D eigenvalue weighted by Gasteiger charge is -2.53. The number of rotatable bonds is 5. The van der Waals surface area contributed by atoms with Gasteiger partial charge in [-0.1, -0.05) is 35.0 Å². The maximum Gasteiger partial charge on any atom is 0.187 e. The molecule has 2 aliphatic rings. The van der Waals surface area contributed by atoms with E-state index in [0.29, 0.717) is 38.2 Å². The topological polar surface area (TPSA) is 72.4 Å². The SMILES string of the molecule is COc1cc(OC)c(Cl)c(-c2cc3cnc(SC)nc3c(N3CC4(CCNCC4)C3)n2)c1Cl. The number of aromatic nitrogens is 3. The van der Waals surface area contributed by atoms with Gasteiger partial charge >= 0.3 is 0 Å². The fourth-order valence-electron chi connectivity index (χ4n) is 4.75. The first-order valence-electron chi connectivity index (χ1n) is 10.8. The van der Waals surface area contributed by atoms with Gasteiger partial charge in [-0.15, -0.1) is 0 Å². The standard InChI is InChI=1S/C23H25Cl2N5O2S/c1-31-15-9-16(32-2)19(25)17(18(15)24)14-8-13-10-27-22(33-3)29-20(13)21(28-14)30-11-23(12-30)4-6-26-7-5-23/h8-10,26H,4-7,11-12H2,1-3H3. The molecule has 1 spiro atoms. The van der Waals surface area contributed by atoms with Gasteiger partial charge in [0.15, 0.2) is 11.0 Å². The molecule has 2 saturated heterocycles. The summed E-state index contributed by atoms with van der Waals surface area (Å²) in [6.45, 7) is 4.05. The van der Waals surface area contributed by atoms with E-state index < -0.39 is 0 Å². The Bertz CT molecular complexity index is 1180. The highest BCUT2D eigenvalue weighted by Gasteiger charge is 2.44. The normalized spacial score (nSPS) is 17.3. The van der Waals surface area contributed by atoms with Gasteiger partial charge in [-0.2, -0.15) is 0 Å². The Morgan fingerprint density at radius 3 is 2.30 bits per heavy atom. The lowest BCUT2D eigenvalue weighted by atomic mass is 9.72. The fraction of sp³-hybridized carbons (Fsp3) is 0.435. The number of fused-ring (bicyclic) bond motifs is 1. The number of methoxy groups -OCH3 is 2. The molecule has 5 rings (SSSR count). The Kier molecular flexibility index (Phi) is 6.20.